The molecule has 1 atom stereocenters. The topological polar surface area (TPSA) is 42.0 Å². The Balaban J connectivity index is 1.25. The Labute approximate surface area is 297 Å². The molecule has 0 saturated carbocycles. The second-order valence-corrected chi connectivity index (χ2v) is 13.1. The molecule has 246 valence electrons. The summed E-state index contributed by atoms with van der Waals surface area (Å²) in [4.78, 5) is 18.1. The number of nitrogens with zero attached hydrogens (tertiary/aromatic N) is 2. The van der Waals surface area contributed by atoms with Crippen molar-refractivity contribution < 1.29 is 14.3 Å². The van der Waals surface area contributed by atoms with E-state index in [2.05, 4.69) is 121 Å². The minimum atomic E-state index is -1.18. The van der Waals surface area contributed by atoms with Crippen molar-refractivity contribution in [1.82, 2.24) is 0 Å². The first-order valence-electron chi connectivity index (χ1n) is 17.1. The average molecular weight is 663 g/mol. The molecule has 5 nitrogen and oxygen atoms in total. The normalized spacial score (nSPS) is 15.3. The van der Waals surface area contributed by atoms with Crippen LogP contribution >= 0.6 is 0 Å². The molecule has 0 fully saturated rings. The van der Waals surface area contributed by atoms with Crippen molar-refractivity contribution in [2.75, 3.05) is 9.80 Å². The number of esters is 1. The number of ether oxygens (including phenoxy) is 2. The van der Waals surface area contributed by atoms with E-state index in [0.717, 1.165) is 50.8 Å². The van der Waals surface area contributed by atoms with Gasteiger partial charge in [0.1, 0.15) is 11.5 Å². The Bertz CT molecular complexity index is 2320. The van der Waals surface area contributed by atoms with Crippen molar-refractivity contribution in [3.8, 4) is 11.5 Å². The maximum absolute atomic E-state index is 13.6. The Morgan fingerprint density at radius 1 is 0.431 bits per heavy atom. The molecule has 0 amide bonds. The van der Waals surface area contributed by atoms with Gasteiger partial charge in [0.2, 0.25) is 0 Å². The van der Waals surface area contributed by atoms with E-state index >= 15 is 0 Å². The number of anilines is 6. The van der Waals surface area contributed by atoms with Gasteiger partial charge in [0, 0.05) is 62.9 Å². The zero-order valence-corrected chi connectivity index (χ0v) is 28.3. The second-order valence-electron chi connectivity index (χ2n) is 13.1. The van der Waals surface area contributed by atoms with Gasteiger partial charge in [-0.2, -0.15) is 0 Å². The van der Waals surface area contributed by atoms with E-state index in [0.29, 0.717) is 17.1 Å². The summed E-state index contributed by atoms with van der Waals surface area (Å²) in [5, 5.41) is 0. The van der Waals surface area contributed by atoms with Crippen LogP contribution in [0.25, 0.3) is 0 Å². The number of carbonyl (C=O) groups is 1. The zero-order chi connectivity index (χ0) is 34.5. The number of carbonyl (C=O) groups excluding carboxylic acids is 1. The smallest absolute Gasteiger partial charge is 0.340 e. The van der Waals surface area contributed by atoms with Crippen molar-refractivity contribution in [3.05, 3.63) is 203 Å². The molecule has 7 aromatic rings. The standard InChI is InChI=1S/C46H34N2O3/c1-31-17-21-35(22-18-31)48(36-23-19-32(2)20-24-36)38-26-28-42-44(30-38)50-43-29-37(47(33-11-5-3-6-12-33)34-13-7-4-8-14-34)25-27-41(43)46(42)40-16-10-9-15-39(40)45(49)51-46/h3-30H,1-2H3. The first-order valence-corrected chi connectivity index (χ1v) is 17.1. The molecule has 0 radical (unpaired) electrons. The number of fused-ring (bicyclic) bond motifs is 6. The van der Waals surface area contributed by atoms with Crippen LogP contribution < -0.4 is 14.5 Å². The maximum atomic E-state index is 13.6. The average Bonchev–Trinajstić information content (AvgIpc) is 3.46. The number of hydrogen-bond donors (Lipinski definition) is 0. The molecule has 0 aliphatic carbocycles. The fraction of sp³-hybridized carbons (Fsp3) is 0.0652. The highest BCUT2D eigenvalue weighted by molar-refractivity contribution is 5.97. The molecule has 0 saturated heterocycles. The lowest BCUT2D eigenvalue weighted by molar-refractivity contribution is 0.0224. The van der Waals surface area contributed by atoms with Crippen LogP contribution in [0, 0.1) is 13.8 Å². The minimum absolute atomic E-state index is 0.353. The van der Waals surface area contributed by atoms with Crippen LogP contribution in [-0.2, 0) is 10.3 Å². The van der Waals surface area contributed by atoms with Gasteiger partial charge in [-0.15, -0.1) is 0 Å². The molecular weight excluding hydrogens is 629 g/mol. The van der Waals surface area contributed by atoms with Crippen LogP contribution in [-0.4, -0.2) is 5.97 Å². The number of benzene rings is 7. The molecule has 2 aliphatic heterocycles. The van der Waals surface area contributed by atoms with E-state index in [9.17, 15) is 4.79 Å². The maximum Gasteiger partial charge on any atom is 0.340 e. The largest absolute Gasteiger partial charge is 0.456 e. The molecule has 1 spiro atoms. The lowest BCUT2D eigenvalue weighted by atomic mass is 9.77. The van der Waals surface area contributed by atoms with Crippen LogP contribution in [0.1, 0.15) is 38.2 Å². The summed E-state index contributed by atoms with van der Waals surface area (Å²) in [6, 6.07) is 57.6. The molecular formula is C46H34N2O3. The van der Waals surface area contributed by atoms with Crippen LogP contribution in [0.2, 0.25) is 0 Å². The predicted octanol–water partition coefficient (Wildman–Crippen LogP) is 11.8. The van der Waals surface area contributed by atoms with Crippen molar-refractivity contribution in [3.63, 3.8) is 0 Å². The first-order chi connectivity index (χ1) is 25.0. The molecule has 1 unspecified atom stereocenters. The Morgan fingerprint density at radius 3 is 1.33 bits per heavy atom. The van der Waals surface area contributed by atoms with E-state index in [4.69, 9.17) is 9.47 Å². The number of hydrogen-bond acceptors (Lipinski definition) is 5. The van der Waals surface area contributed by atoms with Crippen molar-refractivity contribution in [2.45, 2.75) is 19.4 Å². The Morgan fingerprint density at radius 2 is 0.843 bits per heavy atom. The van der Waals surface area contributed by atoms with Gasteiger partial charge < -0.3 is 19.3 Å². The Kier molecular flexibility index (Phi) is 7.21. The third kappa shape index (κ3) is 5.05. The van der Waals surface area contributed by atoms with Gasteiger partial charge in [-0.1, -0.05) is 90.0 Å². The van der Waals surface area contributed by atoms with Gasteiger partial charge in [-0.25, -0.2) is 4.79 Å². The van der Waals surface area contributed by atoms with Gasteiger partial charge in [-0.05, 0) is 92.7 Å². The van der Waals surface area contributed by atoms with E-state index < -0.39 is 5.60 Å². The predicted molar refractivity (Wildman–Crippen MR) is 204 cm³/mol. The summed E-state index contributed by atoms with van der Waals surface area (Å²) in [5.74, 6) is 0.890. The highest BCUT2D eigenvalue weighted by Crippen LogP contribution is 2.58. The summed E-state index contributed by atoms with van der Waals surface area (Å²) in [6.07, 6.45) is 0. The fourth-order valence-electron chi connectivity index (χ4n) is 7.37. The summed E-state index contributed by atoms with van der Waals surface area (Å²) in [7, 11) is 0. The SMILES string of the molecule is Cc1ccc(N(c2ccc(C)cc2)c2ccc3c(c2)Oc2cc(N(c4ccccc4)c4ccccc4)ccc2C32OC(=O)c3ccccc32)cc1. The molecule has 51 heavy (non-hydrogen) atoms. The molecule has 0 aromatic heterocycles. The lowest BCUT2D eigenvalue weighted by Crippen LogP contribution is -2.33. The van der Waals surface area contributed by atoms with Gasteiger partial charge in [0.25, 0.3) is 0 Å². The second kappa shape index (κ2) is 12.1. The lowest BCUT2D eigenvalue weighted by Gasteiger charge is -2.38. The van der Waals surface area contributed by atoms with Gasteiger partial charge in [0.15, 0.2) is 5.60 Å². The third-order valence-corrected chi connectivity index (χ3v) is 9.81. The summed E-state index contributed by atoms with van der Waals surface area (Å²) >= 11 is 0. The third-order valence-electron chi connectivity index (χ3n) is 9.81. The van der Waals surface area contributed by atoms with E-state index in [1.807, 2.05) is 72.8 Å². The molecule has 0 N–H and O–H groups in total. The van der Waals surface area contributed by atoms with E-state index in [1.165, 1.54) is 11.1 Å². The number of para-hydroxylation sites is 2. The molecule has 0 bridgehead atoms. The van der Waals surface area contributed by atoms with Crippen molar-refractivity contribution in [2.24, 2.45) is 0 Å². The van der Waals surface area contributed by atoms with Crippen LogP contribution in [0.5, 0.6) is 11.5 Å². The first kappa shape index (κ1) is 30.5. The number of rotatable bonds is 6. The zero-order valence-electron chi connectivity index (χ0n) is 28.3. The van der Waals surface area contributed by atoms with Crippen LogP contribution in [0.15, 0.2) is 170 Å². The van der Waals surface area contributed by atoms with Gasteiger partial charge in [-0.3, -0.25) is 0 Å². The number of aryl methyl sites for hydroxylation is 2. The van der Waals surface area contributed by atoms with E-state index in [1.54, 1.807) is 0 Å². The van der Waals surface area contributed by atoms with Crippen LogP contribution in [0.3, 0.4) is 0 Å². The molecule has 9 rings (SSSR count). The quantitative estimate of drug-likeness (QED) is 0.166. The van der Waals surface area contributed by atoms with E-state index in [-0.39, 0.29) is 5.97 Å². The van der Waals surface area contributed by atoms with Crippen LogP contribution in [0.4, 0.5) is 34.1 Å². The Hall–Kier alpha value is -6.59. The molecule has 2 heterocycles. The molecule has 2 aliphatic rings. The molecule has 7 aromatic carbocycles. The highest BCUT2D eigenvalue weighted by Gasteiger charge is 2.53. The van der Waals surface area contributed by atoms with Gasteiger partial charge >= 0.3 is 5.97 Å². The summed E-state index contributed by atoms with van der Waals surface area (Å²) < 4.78 is 13.5. The van der Waals surface area contributed by atoms with Crippen molar-refractivity contribution in [1.29, 1.82) is 0 Å². The monoisotopic (exact) mass is 662 g/mol. The summed E-state index contributed by atoms with van der Waals surface area (Å²) in [6.45, 7) is 4.19. The van der Waals surface area contributed by atoms with Gasteiger partial charge in [0.05, 0.1) is 5.56 Å². The van der Waals surface area contributed by atoms with Crippen molar-refractivity contribution >= 4 is 40.1 Å². The minimum Gasteiger partial charge on any atom is -0.456 e. The highest BCUT2D eigenvalue weighted by atomic mass is 16.6. The fourth-order valence-corrected chi connectivity index (χ4v) is 7.37. The summed E-state index contributed by atoms with van der Waals surface area (Å²) in [5.41, 5.74) is 10.0. The molecule has 5 heteroatoms.